The number of nitrogens with one attached hydrogen (secondary N) is 1. The van der Waals surface area contributed by atoms with Gasteiger partial charge in [-0.05, 0) is 47.5 Å². The van der Waals surface area contributed by atoms with Crippen molar-refractivity contribution in [1.82, 2.24) is 9.80 Å². The number of anilines is 1. The lowest BCUT2D eigenvalue weighted by molar-refractivity contribution is 0.126. The quantitative estimate of drug-likeness (QED) is 0.486. The predicted molar refractivity (Wildman–Crippen MR) is 123 cm³/mol. The van der Waals surface area contributed by atoms with Crippen LogP contribution in [-0.4, -0.2) is 42.0 Å². The molecule has 0 spiro atoms. The maximum Gasteiger partial charge on any atom is 0.321 e. The van der Waals surface area contributed by atoms with Crippen molar-refractivity contribution in [3.63, 3.8) is 0 Å². The highest BCUT2D eigenvalue weighted by molar-refractivity contribution is 6.43. The molecule has 3 aromatic carbocycles. The third-order valence-electron chi connectivity index (χ3n) is 5.53. The molecule has 2 amide bonds. The van der Waals surface area contributed by atoms with Gasteiger partial charge in [0.15, 0.2) is 0 Å². The summed E-state index contributed by atoms with van der Waals surface area (Å²) in [7, 11) is 0. The minimum Gasteiger partial charge on any atom is -0.322 e. The Hall–Kier alpha value is -2.67. The van der Waals surface area contributed by atoms with E-state index in [1.807, 2.05) is 0 Å². The average Bonchev–Trinajstić information content (AvgIpc) is 2.80. The maximum absolute atomic E-state index is 13.5. The van der Waals surface area contributed by atoms with Gasteiger partial charge in [0.25, 0.3) is 0 Å². The number of rotatable bonds is 4. The Morgan fingerprint density at radius 1 is 0.812 bits per heavy atom. The number of benzene rings is 3. The van der Waals surface area contributed by atoms with Crippen LogP contribution in [0.4, 0.5) is 19.3 Å². The Bertz CT molecular complexity index is 1040. The summed E-state index contributed by atoms with van der Waals surface area (Å²) in [5.74, 6) is -0.624. The molecule has 1 heterocycles. The smallest absolute Gasteiger partial charge is 0.321 e. The van der Waals surface area contributed by atoms with Crippen molar-refractivity contribution >= 4 is 34.9 Å². The second kappa shape index (κ2) is 9.86. The van der Waals surface area contributed by atoms with Gasteiger partial charge in [-0.25, -0.2) is 13.6 Å². The summed E-state index contributed by atoms with van der Waals surface area (Å²) >= 11 is 12.2. The maximum atomic E-state index is 13.5. The zero-order valence-corrected chi connectivity index (χ0v) is 18.6. The van der Waals surface area contributed by atoms with Crippen molar-refractivity contribution in [3.05, 3.63) is 99.5 Å². The molecule has 4 rings (SSSR count). The first kappa shape index (κ1) is 22.5. The van der Waals surface area contributed by atoms with Crippen LogP contribution in [0.3, 0.4) is 0 Å². The number of nitrogens with zero attached hydrogens (tertiary/aromatic N) is 2. The van der Waals surface area contributed by atoms with Crippen LogP contribution in [-0.2, 0) is 0 Å². The average molecular weight is 476 g/mol. The van der Waals surface area contributed by atoms with Crippen LogP contribution in [0.5, 0.6) is 0 Å². The molecule has 0 radical (unpaired) electrons. The molecule has 1 aliphatic rings. The number of hydrogen-bond acceptors (Lipinski definition) is 2. The van der Waals surface area contributed by atoms with Gasteiger partial charge in [0.05, 0.1) is 21.8 Å². The molecule has 166 valence electrons. The molecule has 8 heteroatoms. The summed E-state index contributed by atoms with van der Waals surface area (Å²) < 4.78 is 27.0. The van der Waals surface area contributed by atoms with E-state index in [2.05, 4.69) is 10.2 Å². The lowest BCUT2D eigenvalue weighted by Crippen LogP contribution is -2.51. The van der Waals surface area contributed by atoms with Crippen LogP contribution < -0.4 is 5.32 Å². The largest absolute Gasteiger partial charge is 0.322 e. The van der Waals surface area contributed by atoms with E-state index in [-0.39, 0.29) is 23.7 Å². The molecule has 32 heavy (non-hydrogen) atoms. The summed E-state index contributed by atoms with van der Waals surface area (Å²) in [5, 5.41) is 3.48. The van der Waals surface area contributed by atoms with Crippen molar-refractivity contribution in [2.75, 3.05) is 31.5 Å². The van der Waals surface area contributed by atoms with Crippen LogP contribution >= 0.6 is 23.2 Å². The fourth-order valence-corrected chi connectivity index (χ4v) is 4.23. The van der Waals surface area contributed by atoms with Gasteiger partial charge in [-0.15, -0.1) is 0 Å². The third-order valence-corrected chi connectivity index (χ3v) is 6.35. The number of amides is 2. The molecule has 0 atom stereocenters. The van der Waals surface area contributed by atoms with E-state index in [1.54, 1.807) is 47.4 Å². The van der Waals surface area contributed by atoms with Crippen LogP contribution in [0.2, 0.25) is 10.0 Å². The molecule has 0 unspecified atom stereocenters. The van der Waals surface area contributed by atoms with E-state index < -0.39 is 0 Å². The minimum atomic E-state index is -0.312. The number of urea groups is 1. The van der Waals surface area contributed by atoms with Crippen molar-refractivity contribution in [2.24, 2.45) is 0 Å². The molecule has 0 saturated carbocycles. The van der Waals surface area contributed by atoms with E-state index in [0.29, 0.717) is 41.9 Å². The van der Waals surface area contributed by atoms with Gasteiger partial charge in [0, 0.05) is 26.2 Å². The second-order valence-electron chi connectivity index (χ2n) is 7.56. The SMILES string of the molecule is O=C(Nc1cccc(Cl)c1Cl)N1CCN(C(c2ccc(F)cc2)c2ccc(F)cc2)CC1. The van der Waals surface area contributed by atoms with Gasteiger partial charge in [0.2, 0.25) is 0 Å². The molecule has 0 aliphatic carbocycles. The Balaban J connectivity index is 1.48. The fraction of sp³-hybridized carbons (Fsp3) is 0.208. The Morgan fingerprint density at radius 3 is 1.88 bits per heavy atom. The Kier molecular flexibility index (Phi) is 6.94. The van der Waals surface area contributed by atoms with Gasteiger partial charge >= 0.3 is 6.03 Å². The van der Waals surface area contributed by atoms with Gasteiger partial charge in [0.1, 0.15) is 11.6 Å². The van der Waals surface area contributed by atoms with Crippen molar-refractivity contribution in [2.45, 2.75) is 6.04 Å². The minimum absolute atomic E-state index is 0.177. The van der Waals surface area contributed by atoms with Gasteiger partial charge in [-0.1, -0.05) is 53.5 Å². The Labute approximate surface area is 195 Å². The fourth-order valence-electron chi connectivity index (χ4n) is 3.88. The first-order valence-corrected chi connectivity index (χ1v) is 10.9. The van der Waals surface area contributed by atoms with Crippen LogP contribution in [0.1, 0.15) is 17.2 Å². The first-order chi connectivity index (χ1) is 15.4. The first-order valence-electron chi connectivity index (χ1n) is 10.2. The summed E-state index contributed by atoms with van der Waals surface area (Å²) in [4.78, 5) is 16.6. The highest BCUT2D eigenvalue weighted by Crippen LogP contribution is 2.31. The summed E-state index contributed by atoms with van der Waals surface area (Å²) in [6.45, 7) is 2.16. The number of carbonyl (C=O) groups excluding carboxylic acids is 1. The molecule has 1 saturated heterocycles. The van der Waals surface area contributed by atoms with Crippen LogP contribution in [0.15, 0.2) is 66.7 Å². The summed E-state index contributed by atoms with van der Waals surface area (Å²) in [5.41, 5.74) is 2.27. The van der Waals surface area contributed by atoms with E-state index in [0.717, 1.165) is 11.1 Å². The standard InChI is InChI=1S/C24H21Cl2F2N3O/c25-20-2-1-3-21(22(20)26)29-24(32)31-14-12-30(13-15-31)23(16-4-8-18(27)9-5-16)17-6-10-19(28)11-7-17/h1-11,23H,12-15H2,(H,29,32). The molecule has 4 nitrogen and oxygen atoms in total. The molecule has 1 N–H and O–H groups in total. The highest BCUT2D eigenvalue weighted by atomic mass is 35.5. The third kappa shape index (κ3) is 5.04. The lowest BCUT2D eigenvalue weighted by Gasteiger charge is -2.39. The van der Waals surface area contributed by atoms with E-state index >= 15 is 0 Å². The van der Waals surface area contributed by atoms with Crippen molar-refractivity contribution < 1.29 is 13.6 Å². The molecular weight excluding hydrogens is 455 g/mol. The number of carbonyl (C=O) groups is 1. The van der Waals surface area contributed by atoms with E-state index in [1.165, 1.54) is 24.3 Å². The van der Waals surface area contributed by atoms with Crippen molar-refractivity contribution in [3.8, 4) is 0 Å². The molecule has 1 aliphatic heterocycles. The van der Waals surface area contributed by atoms with Crippen LogP contribution in [0.25, 0.3) is 0 Å². The number of halogens is 4. The second-order valence-corrected chi connectivity index (χ2v) is 8.35. The van der Waals surface area contributed by atoms with Gasteiger partial charge in [-0.3, -0.25) is 4.90 Å². The molecular formula is C24H21Cl2F2N3O. The van der Waals surface area contributed by atoms with E-state index in [9.17, 15) is 13.6 Å². The highest BCUT2D eigenvalue weighted by Gasteiger charge is 2.28. The normalized spacial score (nSPS) is 14.6. The topological polar surface area (TPSA) is 35.6 Å². The van der Waals surface area contributed by atoms with Gasteiger partial charge in [-0.2, -0.15) is 0 Å². The summed E-state index contributed by atoms with van der Waals surface area (Å²) in [6, 6.07) is 17.3. The number of piperazine rings is 1. The zero-order chi connectivity index (χ0) is 22.7. The van der Waals surface area contributed by atoms with Crippen molar-refractivity contribution in [1.29, 1.82) is 0 Å². The molecule has 3 aromatic rings. The number of hydrogen-bond donors (Lipinski definition) is 1. The molecule has 0 aromatic heterocycles. The predicted octanol–water partition coefficient (Wildman–Crippen LogP) is 6.21. The Morgan fingerprint density at radius 2 is 1.34 bits per heavy atom. The molecule has 1 fully saturated rings. The molecule has 0 bridgehead atoms. The monoisotopic (exact) mass is 475 g/mol. The van der Waals surface area contributed by atoms with Crippen LogP contribution in [0, 0.1) is 11.6 Å². The summed E-state index contributed by atoms with van der Waals surface area (Å²) in [6.07, 6.45) is 0. The zero-order valence-electron chi connectivity index (χ0n) is 17.1. The van der Waals surface area contributed by atoms with E-state index in [4.69, 9.17) is 23.2 Å². The lowest BCUT2D eigenvalue weighted by atomic mass is 9.96. The van der Waals surface area contributed by atoms with Gasteiger partial charge < -0.3 is 10.2 Å².